The SMILES string of the molecule is COc1cccc(OC)c1-n1c(NSCC(O)c2ccc(F)cn2)nnc1-c1ccc(C)o1. The number of aliphatic hydroxyl groups is 1. The fourth-order valence-corrected chi connectivity index (χ4v) is 3.86. The van der Waals surface area contributed by atoms with Crippen molar-refractivity contribution in [3.05, 3.63) is 65.9 Å². The fourth-order valence-electron chi connectivity index (χ4n) is 3.18. The number of aliphatic hydroxyl groups excluding tert-OH is 1. The zero-order chi connectivity index (χ0) is 23.4. The van der Waals surface area contributed by atoms with Gasteiger partial charge in [0.05, 0.1) is 26.1 Å². The van der Waals surface area contributed by atoms with Gasteiger partial charge >= 0.3 is 0 Å². The molecule has 4 aromatic rings. The number of rotatable bonds is 9. The molecule has 9 nitrogen and oxygen atoms in total. The molecule has 4 rings (SSSR count). The lowest BCUT2D eigenvalue weighted by Crippen LogP contribution is -2.09. The molecule has 0 bridgehead atoms. The Bertz CT molecular complexity index is 1210. The summed E-state index contributed by atoms with van der Waals surface area (Å²) in [6.45, 7) is 1.84. The molecule has 0 saturated carbocycles. The summed E-state index contributed by atoms with van der Waals surface area (Å²) >= 11 is 1.19. The number of halogens is 1. The van der Waals surface area contributed by atoms with Crippen LogP contribution in [0.2, 0.25) is 0 Å². The number of benzene rings is 1. The van der Waals surface area contributed by atoms with Crippen molar-refractivity contribution in [2.24, 2.45) is 0 Å². The zero-order valence-electron chi connectivity index (χ0n) is 18.2. The largest absolute Gasteiger partial charge is 0.494 e. The van der Waals surface area contributed by atoms with Crippen LogP contribution in [0.5, 0.6) is 11.5 Å². The van der Waals surface area contributed by atoms with Crippen molar-refractivity contribution in [3.63, 3.8) is 0 Å². The number of aryl methyl sites for hydroxylation is 1. The predicted octanol–water partition coefficient (Wildman–Crippen LogP) is 4.18. The van der Waals surface area contributed by atoms with Gasteiger partial charge in [-0.2, -0.15) is 0 Å². The van der Waals surface area contributed by atoms with Gasteiger partial charge < -0.3 is 19.0 Å². The monoisotopic (exact) mass is 471 g/mol. The lowest BCUT2D eigenvalue weighted by Gasteiger charge is -2.17. The Morgan fingerprint density at radius 1 is 1.12 bits per heavy atom. The number of ether oxygens (including phenoxy) is 2. The molecule has 0 aliphatic carbocycles. The molecule has 0 amide bonds. The molecule has 0 spiro atoms. The molecule has 0 radical (unpaired) electrons. The highest BCUT2D eigenvalue weighted by Crippen LogP contribution is 2.38. The Labute approximate surface area is 193 Å². The van der Waals surface area contributed by atoms with E-state index in [4.69, 9.17) is 13.9 Å². The number of hydrogen-bond donors (Lipinski definition) is 2. The summed E-state index contributed by atoms with van der Waals surface area (Å²) in [6, 6.07) is 11.8. The normalized spacial score (nSPS) is 11.9. The van der Waals surface area contributed by atoms with Gasteiger partial charge in [-0.25, -0.2) is 4.39 Å². The highest BCUT2D eigenvalue weighted by atomic mass is 32.2. The maximum Gasteiger partial charge on any atom is 0.239 e. The second-order valence-corrected chi connectivity index (χ2v) is 7.76. The second-order valence-electron chi connectivity index (χ2n) is 6.93. The number of para-hydroxylation sites is 1. The Morgan fingerprint density at radius 2 is 1.88 bits per heavy atom. The second kappa shape index (κ2) is 9.92. The molecule has 1 atom stereocenters. The standard InChI is InChI=1S/C22H22FN5O4S/c1-13-7-10-19(32-13)21-25-26-22(27-33-12-16(29)15-9-8-14(23)11-24-15)28(21)20-17(30-2)5-4-6-18(20)31-3/h4-11,16,29H,12H2,1-3H3,(H,26,27). The van der Waals surface area contributed by atoms with E-state index in [9.17, 15) is 9.50 Å². The number of hydrogen-bond acceptors (Lipinski definition) is 9. The number of anilines is 1. The highest BCUT2D eigenvalue weighted by Gasteiger charge is 2.24. The first-order valence-electron chi connectivity index (χ1n) is 9.92. The van der Waals surface area contributed by atoms with Crippen molar-refractivity contribution in [1.29, 1.82) is 0 Å². The van der Waals surface area contributed by atoms with Crippen molar-refractivity contribution in [2.45, 2.75) is 13.0 Å². The van der Waals surface area contributed by atoms with Gasteiger partial charge in [0.2, 0.25) is 11.8 Å². The first-order chi connectivity index (χ1) is 16.0. The quantitative estimate of drug-likeness (QED) is 0.348. The van der Waals surface area contributed by atoms with Gasteiger partial charge in [0.15, 0.2) is 5.76 Å². The molecule has 33 heavy (non-hydrogen) atoms. The molecule has 1 unspecified atom stereocenters. The van der Waals surface area contributed by atoms with Crippen LogP contribution in [-0.2, 0) is 0 Å². The maximum absolute atomic E-state index is 13.1. The van der Waals surface area contributed by atoms with E-state index in [1.54, 1.807) is 37.0 Å². The average molecular weight is 472 g/mol. The Hall–Kier alpha value is -3.57. The van der Waals surface area contributed by atoms with Gasteiger partial charge in [-0.05, 0) is 55.3 Å². The van der Waals surface area contributed by atoms with Crippen LogP contribution in [0.3, 0.4) is 0 Å². The molecule has 0 fully saturated rings. The average Bonchev–Trinajstić information content (AvgIpc) is 3.44. The molecule has 0 aliphatic rings. The summed E-state index contributed by atoms with van der Waals surface area (Å²) in [6.07, 6.45) is 0.159. The Balaban J connectivity index is 1.67. The van der Waals surface area contributed by atoms with E-state index >= 15 is 0 Å². The lowest BCUT2D eigenvalue weighted by molar-refractivity contribution is 0.199. The van der Waals surface area contributed by atoms with Crippen LogP contribution in [0.15, 0.2) is 53.1 Å². The smallest absolute Gasteiger partial charge is 0.239 e. The first-order valence-corrected chi connectivity index (χ1v) is 10.9. The molecule has 3 heterocycles. The van der Waals surface area contributed by atoms with E-state index in [1.807, 2.05) is 19.1 Å². The summed E-state index contributed by atoms with van der Waals surface area (Å²) < 4.78 is 34.9. The Kier molecular flexibility index (Phi) is 6.80. The summed E-state index contributed by atoms with van der Waals surface area (Å²) in [5, 5.41) is 19.0. The van der Waals surface area contributed by atoms with Crippen LogP contribution in [0, 0.1) is 12.7 Å². The van der Waals surface area contributed by atoms with Gasteiger partial charge in [-0.15, -0.1) is 10.2 Å². The number of furan rings is 1. The van der Waals surface area contributed by atoms with Crippen LogP contribution < -0.4 is 14.2 Å². The number of nitrogens with one attached hydrogen (secondary N) is 1. The third kappa shape index (κ3) is 4.78. The van der Waals surface area contributed by atoms with E-state index in [1.165, 1.54) is 24.1 Å². The van der Waals surface area contributed by atoms with Gasteiger partial charge in [0.1, 0.15) is 34.9 Å². The predicted molar refractivity (Wildman–Crippen MR) is 122 cm³/mol. The highest BCUT2D eigenvalue weighted by molar-refractivity contribution is 8.00. The van der Waals surface area contributed by atoms with Crippen LogP contribution in [-0.4, -0.2) is 44.8 Å². The van der Waals surface area contributed by atoms with E-state index < -0.39 is 11.9 Å². The summed E-state index contributed by atoms with van der Waals surface area (Å²) in [5.41, 5.74) is 0.950. The molecular formula is C22H22FN5O4S. The minimum atomic E-state index is -0.910. The van der Waals surface area contributed by atoms with Gasteiger partial charge in [0, 0.05) is 5.75 Å². The molecule has 3 aromatic heterocycles. The third-order valence-electron chi connectivity index (χ3n) is 4.75. The maximum atomic E-state index is 13.1. The molecular weight excluding hydrogens is 449 g/mol. The molecule has 2 N–H and O–H groups in total. The number of nitrogens with zero attached hydrogens (tertiary/aromatic N) is 4. The van der Waals surface area contributed by atoms with Gasteiger partial charge in [-0.3, -0.25) is 14.3 Å². The topological polar surface area (TPSA) is 107 Å². The van der Waals surface area contributed by atoms with Crippen molar-refractivity contribution in [1.82, 2.24) is 19.7 Å². The summed E-state index contributed by atoms with van der Waals surface area (Å²) in [5.74, 6) is 2.90. The molecule has 0 saturated heterocycles. The molecule has 1 aromatic carbocycles. The van der Waals surface area contributed by atoms with E-state index in [0.717, 1.165) is 12.0 Å². The minimum Gasteiger partial charge on any atom is -0.494 e. The van der Waals surface area contributed by atoms with Crippen LogP contribution in [0.25, 0.3) is 17.3 Å². The van der Waals surface area contributed by atoms with Gasteiger partial charge in [-0.1, -0.05) is 6.07 Å². The Morgan fingerprint density at radius 3 is 2.48 bits per heavy atom. The van der Waals surface area contributed by atoms with E-state index in [2.05, 4.69) is 19.9 Å². The number of aromatic nitrogens is 4. The lowest BCUT2D eigenvalue weighted by atomic mass is 10.2. The van der Waals surface area contributed by atoms with Crippen LogP contribution >= 0.6 is 11.9 Å². The van der Waals surface area contributed by atoms with E-state index in [-0.39, 0.29) is 5.75 Å². The number of methoxy groups -OCH3 is 2. The fraction of sp³-hybridized carbons (Fsp3) is 0.227. The third-order valence-corrected chi connectivity index (χ3v) is 5.55. The van der Waals surface area contributed by atoms with Crippen molar-refractivity contribution in [3.8, 4) is 28.8 Å². The molecule has 11 heteroatoms. The van der Waals surface area contributed by atoms with E-state index in [0.29, 0.717) is 40.4 Å². The van der Waals surface area contributed by atoms with Gasteiger partial charge in [0.25, 0.3) is 0 Å². The zero-order valence-corrected chi connectivity index (χ0v) is 19.0. The van der Waals surface area contributed by atoms with Crippen molar-refractivity contribution in [2.75, 3.05) is 24.7 Å². The first kappa shape index (κ1) is 22.6. The molecule has 0 aliphatic heterocycles. The van der Waals surface area contributed by atoms with Crippen molar-refractivity contribution >= 4 is 17.9 Å². The minimum absolute atomic E-state index is 0.226. The van der Waals surface area contributed by atoms with Crippen LogP contribution in [0.4, 0.5) is 10.3 Å². The van der Waals surface area contributed by atoms with Crippen LogP contribution in [0.1, 0.15) is 17.6 Å². The number of pyridine rings is 1. The molecule has 172 valence electrons. The summed E-state index contributed by atoms with van der Waals surface area (Å²) in [4.78, 5) is 3.92. The van der Waals surface area contributed by atoms with Crippen molar-refractivity contribution < 1.29 is 23.4 Å². The summed E-state index contributed by atoms with van der Waals surface area (Å²) in [7, 11) is 3.13.